The van der Waals surface area contributed by atoms with Crippen LogP contribution in [0.3, 0.4) is 0 Å². The van der Waals surface area contributed by atoms with Crippen LogP contribution in [0.15, 0.2) is 29.3 Å². The monoisotopic (exact) mass is 899 g/mol. The van der Waals surface area contributed by atoms with E-state index >= 15 is 0 Å². The third-order valence-electron chi connectivity index (χ3n) is 23.0. The molecule has 0 radical (unpaired) electrons. The number of nitrogens with one attached hydrogen (secondary N) is 2. The zero-order valence-electron chi connectivity index (χ0n) is 42.5. The highest BCUT2D eigenvalue weighted by atomic mass is 16.5. The Bertz CT molecular complexity index is 2580. The first-order chi connectivity index (χ1) is 30.8. The molecule has 0 aromatic heterocycles. The van der Waals surface area contributed by atoms with Gasteiger partial charge in [0.05, 0.1) is 28.8 Å². The molecule has 2 aromatic rings. The minimum Gasteiger partial charge on any atom is -0.488 e. The van der Waals surface area contributed by atoms with Gasteiger partial charge in [-0.2, -0.15) is 5.26 Å². The zero-order chi connectivity index (χ0) is 47.8. The zero-order valence-corrected chi connectivity index (χ0v) is 42.5. The molecular weight excluding hydrogens is 821 g/mol. The van der Waals surface area contributed by atoms with Gasteiger partial charge in [-0.15, -0.1) is 0 Å². The van der Waals surface area contributed by atoms with Crippen molar-refractivity contribution in [2.45, 2.75) is 205 Å². The summed E-state index contributed by atoms with van der Waals surface area (Å²) in [5, 5.41) is 44.1. The fourth-order valence-electron chi connectivity index (χ4n) is 19.4. The summed E-state index contributed by atoms with van der Waals surface area (Å²) in [5.41, 5.74) is 11.8. The Morgan fingerprint density at radius 1 is 0.758 bits per heavy atom. The lowest BCUT2D eigenvalue weighted by Gasteiger charge is -2.69. The summed E-state index contributed by atoms with van der Waals surface area (Å²) in [6.07, 6.45) is 14.2. The van der Waals surface area contributed by atoms with Crippen molar-refractivity contribution in [3.05, 3.63) is 57.6 Å². The fourth-order valence-corrected chi connectivity index (χ4v) is 19.4. The molecule has 4 heterocycles. The first kappa shape index (κ1) is 45.0. The summed E-state index contributed by atoms with van der Waals surface area (Å²) in [4.78, 5) is 5.30. The number of aliphatic imine (C=N–C) groups is 1. The van der Waals surface area contributed by atoms with E-state index in [-0.39, 0.29) is 72.9 Å². The number of ether oxygens (including phenoxy) is 2. The normalized spacial score (nSPS) is 46.2. The van der Waals surface area contributed by atoms with Crippen molar-refractivity contribution in [1.82, 2.24) is 10.2 Å². The van der Waals surface area contributed by atoms with Gasteiger partial charge in [-0.3, -0.25) is 4.90 Å². The first-order valence-corrected chi connectivity index (χ1v) is 25.3. The Balaban J connectivity index is 0.000000131. The molecule has 66 heavy (non-hydrogen) atoms. The van der Waals surface area contributed by atoms with Crippen LogP contribution in [0.25, 0.3) is 0 Å². The third kappa shape index (κ3) is 4.50. The summed E-state index contributed by atoms with van der Waals surface area (Å²) in [7, 11) is 3.01. The molecule has 8 bridgehead atoms. The number of nitrogens with zero attached hydrogens (tertiary/aromatic N) is 3. The quantitative estimate of drug-likeness (QED) is 0.113. The molecule has 4 aliphatic heterocycles. The number of hydrogen-bond acceptors (Lipinski definition) is 10. The maximum atomic E-state index is 12.0. The molecular formula is C56H78N6O4. The van der Waals surface area contributed by atoms with Crippen LogP contribution in [-0.4, -0.2) is 81.8 Å². The van der Waals surface area contributed by atoms with Gasteiger partial charge < -0.3 is 30.7 Å². The van der Waals surface area contributed by atoms with Crippen LogP contribution in [0.4, 0.5) is 0 Å². The van der Waals surface area contributed by atoms with Gasteiger partial charge in [-0.25, -0.2) is 10.4 Å². The maximum absolute atomic E-state index is 12.0. The number of likely N-dealkylation sites (tertiary alicyclic amines) is 1. The summed E-state index contributed by atoms with van der Waals surface area (Å²) in [6, 6.07) is 11.9. The summed E-state index contributed by atoms with van der Waals surface area (Å²) >= 11 is 0. The highest BCUT2D eigenvalue weighted by Gasteiger charge is 2.93. The highest BCUT2D eigenvalue weighted by molar-refractivity contribution is 5.67. The maximum Gasteiger partial charge on any atom is 0.180 e. The molecule has 6 N–H and O–H groups in total. The lowest BCUT2D eigenvalue weighted by Crippen LogP contribution is -2.73. The molecule has 356 valence electrons. The van der Waals surface area contributed by atoms with Crippen LogP contribution in [0.5, 0.6) is 11.5 Å². The predicted octanol–water partition coefficient (Wildman–Crippen LogP) is 8.67. The van der Waals surface area contributed by atoms with Crippen molar-refractivity contribution >= 4 is 6.01 Å². The molecule has 2 aromatic carbocycles. The van der Waals surface area contributed by atoms with E-state index < -0.39 is 11.2 Å². The van der Waals surface area contributed by atoms with E-state index in [1.54, 1.807) is 17.1 Å². The molecule has 2 saturated heterocycles. The lowest BCUT2D eigenvalue weighted by atomic mass is 9.35. The van der Waals surface area contributed by atoms with Crippen LogP contribution in [0, 0.1) is 75.0 Å². The molecule has 16 rings (SSSR count). The summed E-state index contributed by atoms with van der Waals surface area (Å²) in [5.74, 6) is 2.75. The third-order valence-corrected chi connectivity index (χ3v) is 23.0. The average Bonchev–Trinajstić information content (AvgIpc) is 3.87. The van der Waals surface area contributed by atoms with E-state index in [4.69, 9.17) is 14.9 Å². The largest absolute Gasteiger partial charge is 0.488 e. The lowest BCUT2D eigenvalue weighted by molar-refractivity contribution is -0.245. The molecule has 6 spiro atoms. The smallest absolute Gasteiger partial charge is 0.180 e. The molecule has 10 nitrogen and oxygen atoms in total. The van der Waals surface area contributed by atoms with Crippen molar-refractivity contribution in [1.29, 1.82) is 10.7 Å². The molecule has 12 unspecified atom stereocenters. The van der Waals surface area contributed by atoms with Gasteiger partial charge in [0.2, 0.25) is 0 Å². The van der Waals surface area contributed by atoms with Gasteiger partial charge >= 0.3 is 0 Å². The van der Waals surface area contributed by atoms with Gasteiger partial charge in [0, 0.05) is 62.2 Å². The molecule has 16 atom stereocenters. The molecule has 14 aliphatic rings. The van der Waals surface area contributed by atoms with Crippen LogP contribution >= 0.6 is 0 Å². The number of aryl methyl sites for hydroxylation is 2. The van der Waals surface area contributed by atoms with Crippen LogP contribution in [-0.2, 0) is 23.7 Å². The number of nitrogens with two attached hydrogens (primary N) is 1. The molecule has 0 amide bonds. The Morgan fingerprint density at radius 3 is 1.68 bits per heavy atom. The van der Waals surface area contributed by atoms with Crippen molar-refractivity contribution in [3.8, 4) is 17.7 Å². The van der Waals surface area contributed by atoms with E-state index in [2.05, 4.69) is 134 Å². The van der Waals surface area contributed by atoms with Crippen molar-refractivity contribution in [2.75, 3.05) is 14.1 Å². The Morgan fingerprint density at radius 2 is 1.21 bits per heavy atom. The van der Waals surface area contributed by atoms with Crippen molar-refractivity contribution in [2.24, 2.45) is 55.1 Å². The van der Waals surface area contributed by atoms with Gasteiger partial charge in [-0.05, 0) is 144 Å². The number of aliphatic hydroxyl groups is 2. The standard InChI is InChI=1S/C27H34N2O2.C26H35NO2.C2H4N2.CH5N/c1-15-7-8-16-11-26-13-27-18(16)19(15)31-21(27)23(5)9-10-25(27,20(26)29(26)14-28)12-17(23)24(6,30)22(2,3)4;1-14-7-8-15-11-25-13-26-17(15)18(14)29-20(26)22(5)9-10-24(26,19(25)27-25)12-16(22)23(6,28)21(2,3)4;1-4-2-3;1-2/h7-8,17,20-21,30H,9-13H2,1-6H3;7-8,16,19-20,27-28H,9-13H2,1-6H3;3H,1H3;2H2,1H3/t17?,20-,21?,23?,24?,25?,26?,27-,29?;16?,19-,20?,22?,23?,24?,25?,26-;;/m00../s1. The molecule has 10 aliphatic carbocycles. The number of benzene rings is 2. The summed E-state index contributed by atoms with van der Waals surface area (Å²) in [6.45, 7) is 26.6. The Hall–Kier alpha value is -3.45. The van der Waals surface area contributed by atoms with Gasteiger partial charge in [-0.1, -0.05) is 79.7 Å². The van der Waals surface area contributed by atoms with Gasteiger partial charge in [0.1, 0.15) is 23.7 Å². The average molecular weight is 899 g/mol. The second-order valence-corrected chi connectivity index (χ2v) is 26.8. The second kappa shape index (κ2) is 12.7. The molecule has 10 fully saturated rings. The van der Waals surface area contributed by atoms with Crippen LogP contribution in [0.1, 0.15) is 154 Å². The Labute approximate surface area is 394 Å². The number of rotatable bonds is 2. The number of piperidine rings is 2. The Kier molecular flexibility index (Phi) is 8.63. The SMILES string of the molecule is CN.CN=C=N.Cc1ccc2c3c1OC1C4(C)CCC5(CC4C(C)(O)C(C)(C)C)[C@@H]4N(C#N)C4(C2)C[C@]315.Cc1ccc2c3c1OC1C4(C)CCC5(CC4C(C)(O)C(C)(C)C)[C@@H]4NC4(C2)C[C@]315. The van der Waals surface area contributed by atoms with E-state index in [0.717, 1.165) is 50.7 Å². The minimum atomic E-state index is -0.803. The van der Waals surface area contributed by atoms with E-state index in [1.807, 2.05) is 0 Å². The van der Waals surface area contributed by atoms with E-state index in [9.17, 15) is 15.5 Å². The summed E-state index contributed by atoms with van der Waals surface area (Å²) < 4.78 is 14.1. The minimum absolute atomic E-state index is 0.0105. The highest BCUT2D eigenvalue weighted by Crippen LogP contribution is 2.87. The van der Waals surface area contributed by atoms with Crippen molar-refractivity contribution < 1.29 is 19.7 Å². The second-order valence-electron chi connectivity index (χ2n) is 26.8. The number of hydrogen-bond donors (Lipinski definition) is 5. The van der Waals surface area contributed by atoms with Crippen molar-refractivity contribution in [3.63, 3.8) is 0 Å². The van der Waals surface area contributed by atoms with Crippen LogP contribution < -0.4 is 20.5 Å². The topological polar surface area (TPSA) is 170 Å². The van der Waals surface area contributed by atoms with E-state index in [1.165, 1.54) is 61.4 Å². The molecule has 10 heteroatoms. The number of nitriles is 1. The number of fused-ring (bicyclic) bond motifs is 4. The predicted molar refractivity (Wildman–Crippen MR) is 257 cm³/mol. The fraction of sp³-hybridized carbons (Fsp3) is 0.750. The van der Waals surface area contributed by atoms with Gasteiger partial charge in [0.25, 0.3) is 0 Å². The van der Waals surface area contributed by atoms with Crippen LogP contribution in [0.2, 0.25) is 0 Å². The van der Waals surface area contributed by atoms with Gasteiger partial charge in [0.15, 0.2) is 6.19 Å². The molecule has 8 saturated carbocycles. The first-order valence-electron chi connectivity index (χ1n) is 25.3. The van der Waals surface area contributed by atoms with E-state index in [0.29, 0.717) is 17.6 Å².